The van der Waals surface area contributed by atoms with Gasteiger partial charge in [-0.15, -0.1) is 0 Å². The standard InChI is InChI=1S/C19H23N3O4/c1-19(2,3)26-18(24)22-16(13-8-6-5-7-9-13)17(23)21-14-10-11-15(25-4)20-12-14/h5-12,16H,1-4H3,(H,21,23)(H,22,24). The minimum absolute atomic E-state index is 0.408. The van der Waals surface area contributed by atoms with Crippen molar-refractivity contribution < 1.29 is 19.1 Å². The summed E-state index contributed by atoms with van der Waals surface area (Å²) < 4.78 is 10.3. The Bertz CT molecular complexity index is 740. The molecule has 0 bridgehead atoms. The van der Waals surface area contributed by atoms with Crippen LogP contribution in [0, 0.1) is 0 Å². The zero-order chi connectivity index (χ0) is 19.2. The predicted octanol–water partition coefficient (Wildman–Crippen LogP) is 3.29. The van der Waals surface area contributed by atoms with Crippen molar-refractivity contribution in [2.45, 2.75) is 32.4 Å². The van der Waals surface area contributed by atoms with Crippen molar-refractivity contribution in [2.24, 2.45) is 0 Å². The fourth-order valence-electron chi connectivity index (χ4n) is 2.16. The van der Waals surface area contributed by atoms with Crippen molar-refractivity contribution in [3.05, 3.63) is 54.2 Å². The van der Waals surface area contributed by atoms with Crippen molar-refractivity contribution in [3.63, 3.8) is 0 Å². The van der Waals surface area contributed by atoms with Gasteiger partial charge in [0.1, 0.15) is 11.6 Å². The average Bonchev–Trinajstić information content (AvgIpc) is 2.59. The fraction of sp³-hybridized carbons (Fsp3) is 0.316. The number of methoxy groups -OCH3 is 1. The Hall–Kier alpha value is -3.09. The number of hydrogen-bond donors (Lipinski definition) is 2. The van der Waals surface area contributed by atoms with Gasteiger partial charge in [-0.25, -0.2) is 9.78 Å². The van der Waals surface area contributed by atoms with E-state index >= 15 is 0 Å². The normalized spacial score (nSPS) is 12.0. The van der Waals surface area contributed by atoms with E-state index in [9.17, 15) is 9.59 Å². The van der Waals surface area contributed by atoms with Crippen molar-refractivity contribution >= 4 is 17.7 Å². The van der Waals surface area contributed by atoms with E-state index in [1.54, 1.807) is 57.2 Å². The summed E-state index contributed by atoms with van der Waals surface area (Å²) in [4.78, 5) is 28.9. The zero-order valence-corrected chi connectivity index (χ0v) is 15.3. The molecule has 2 aromatic rings. The summed E-state index contributed by atoms with van der Waals surface area (Å²) in [5.74, 6) is 0.0310. The lowest BCUT2D eigenvalue weighted by Crippen LogP contribution is -2.40. The van der Waals surface area contributed by atoms with E-state index in [0.29, 0.717) is 17.1 Å². The zero-order valence-electron chi connectivity index (χ0n) is 15.3. The number of alkyl carbamates (subject to hydrolysis) is 1. The minimum Gasteiger partial charge on any atom is -0.481 e. The first-order chi connectivity index (χ1) is 12.3. The van der Waals surface area contributed by atoms with E-state index in [1.807, 2.05) is 6.07 Å². The Labute approximate surface area is 152 Å². The molecule has 7 nitrogen and oxygen atoms in total. The van der Waals surface area contributed by atoms with E-state index in [1.165, 1.54) is 13.3 Å². The molecule has 138 valence electrons. The number of benzene rings is 1. The van der Waals surface area contributed by atoms with Crippen molar-refractivity contribution in [1.82, 2.24) is 10.3 Å². The van der Waals surface area contributed by atoms with Crippen LogP contribution in [-0.2, 0) is 9.53 Å². The number of aromatic nitrogens is 1. The average molecular weight is 357 g/mol. The number of carbonyl (C=O) groups is 2. The summed E-state index contributed by atoms with van der Waals surface area (Å²) in [5.41, 5.74) is 0.460. The van der Waals surface area contributed by atoms with Gasteiger partial charge in [-0.1, -0.05) is 30.3 Å². The van der Waals surface area contributed by atoms with Crippen LogP contribution in [0.5, 0.6) is 5.88 Å². The molecule has 0 radical (unpaired) electrons. The largest absolute Gasteiger partial charge is 0.481 e. The Morgan fingerprint density at radius 2 is 1.77 bits per heavy atom. The second-order valence-electron chi connectivity index (χ2n) is 6.57. The quantitative estimate of drug-likeness (QED) is 0.857. The molecular formula is C19H23N3O4. The molecule has 1 unspecified atom stereocenters. The van der Waals surface area contributed by atoms with Crippen molar-refractivity contribution in [2.75, 3.05) is 12.4 Å². The third kappa shape index (κ3) is 5.77. The van der Waals surface area contributed by atoms with Crippen LogP contribution in [0.25, 0.3) is 0 Å². The monoisotopic (exact) mass is 357 g/mol. The van der Waals surface area contributed by atoms with Gasteiger partial charge in [0.2, 0.25) is 5.88 Å². The topological polar surface area (TPSA) is 89.6 Å². The number of pyridine rings is 1. The second-order valence-corrected chi connectivity index (χ2v) is 6.57. The lowest BCUT2D eigenvalue weighted by atomic mass is 10.1. The second kappa shape index (κ2) is 8.33. The molecule has 2 rings (SSSR count). The van der Waals surface area contributed by atoms with E-state index in [4.69, 9.17) is 9.47 Å². The van der Waals surface area contributed by atoms with Crippen LogP contribution in [0.3, 0.4) is 0 Å². The first-order valence-electron chi connectivity index (χ1n) is 8.14. The molecule has 1 heterocycles. The van der Waals surface area contributed by atoms with Crippen LogP contribution in [0.2, 0.25) is 0 Å². The van der Waals surface area contributed by atoms with Gasteiger partial charge in [-0.3, -0.25) is 4.79 Å². The molecule has 0 aliphatic carbocycles. The highest BCUT2D eigenvalue weighted by Crippen LogP contribution is 2.18. The molecule has 0 aliphatic rings. The third-order valence-corrected chi connectivity index (χ3v) is 3.27. The first kappa shape index (κ1) is 19.2. The van der Waals surface area contributed by atoms with Gasteiger partial charge in [0, 0.05) is 6.07 Å². The summed E-state index contributed by atoms with van der Waals surface area (Å²) in [6, 6.07) is 11.3. The molecule has 7 heteroatoms. The van der Waals surface area contributed by atoms with Gasteiger partial charge in [0.25, 0.3) is 5.91 Å². The van der Waals surface area contributed by atoms with E-state index in [0.717, 1.165) is 0 Å². The summed E-state index contributed by atoms with van der Waals surface area (Å²) in [6.07, 6.45) is 0.807. The first-order valence-corrected chi connectivity index (χ1v) is 8.14. The smallest absolute Gasteiger partial charge is 0.408 e. The molecule has 0 saturated heterocycles. The van der Waals surface area contributed by atoms with Crippen molar-refractivity contribution in [1.29, 1.82) is 0 Å². The van der Waals surface area contributed by atoms with Gasteiger partial charge in [0.15, 0.2) is 0 Å². The number of amides is 2. The predicted molar refractivity (Wildman–Crippen MR) is 98.0 cm³/mol. The van der Waals surface area contributed by atoms with Crippen LogP contribution < -0.4 is 15.4 Å². The van der Waals surface area contributed by atoms with Crippen LogP contribution in [0.4, 0.5) is 10.5 Å². The lowest BCUT2D eigenvalue weighted by Gasteiger charge is -2.23. The molecular weight excluding hydrogens is 334 g/mol. The highest BCUT2D eigenvalue weighted by Gasteiger charge is 2.26. The van der Waals surface area contributed by atoms with Crippen LogP contribution in [-0.4, -0.2) is 29.7 Å². The molecule has 1 aromatic carbocycles. The summed E-state index contributed by atoms with van der Waals surface area (Å²) in [5, 5.41) is 5.35. The Balaban J connectivity index is 2.16. The molecule has 1 atom stereocenters. The van der Waals surface area contributed by atoms with E-state index < -0.39 is 23.6 Å². The highest BCUT2D eigenvalue weighted by atomic mass is 16.6. The highest BCUT2D eigenvalue weighted by molar-refractivity contribution is 5.97. The molecule has 0 aliphatic heterocycles. The van der Waals surface area contributed by atoms with Gasteiger partial charge >= 0.3 is 6.09 Å². The maximum Gasteiger partial charge on any atom is 0.408 e. The maximum atomic E-state index is 12.7. The fourth-order valence-corrected chi connectivity index (χ4v) is 2.16. The Morgan fingerprint density at radius 1 is 1.08 bits per heavy atom. The van der Waals surface area contributed by atoms with Crippen molar-refractivity contribution in [3.8, 4) is 5.88 Å². The van der Waals surface area contributed by atoms with Gasteiger partial charge < -0.3 is 20.1 Å². The Kier molecular flexibility index (Phi) is 6.16. The Morgan fingerprint density at radius 3 is 2.31 bits per heavy atom. The SMILES string of the molecule is COc1ccc(NC(=O)C(NC(=O)OC(C)(C)C)c2ccccc2)cn1. The molecule has 0 fully saturated rings. The maximum absolute atomic E-state index is 12.7. The lowest BCUT2D eigenvalue weighted by molar-refractivity contribution is -0.118. The van der Waals surface area contributed by atoms with E-state index in [-0.39, 0.29) is 0 Å². The van der Waals surface area contributed by atoms with Gasteiger partial charge in [-0.2, -0.15) is 0 Å². The van der Waals surface area contributed by atoms with Gasteiger partial charge in [0.05, 0.1) is 19.0 Å². The number of nitrogens with one attached hydrogen (secondary N) is 2. The van der Waals surface area contributed by atoms with Crippen LogP contribution in [0.1, 0.15) is 32.4 Å². The number of anilines is 1. The molecule has 1 aromatic heterocycles. The van der Waals surface area contributed by atoms with E-state index in [2.05, 4.69) is 15.6 Å². The summed E-state index contributed by atoms with van der Waals surface area (Å²) >= 11 is 0. The van der Waals surface area contributed by atoms with Crippen LogP contribution >= 0.6 is 0 Å². The summed E-state index contributed by atoms with van der Waals surface area (Å²) in [6.45, 7) is 5.27. The minimum atomic E-state index is -0.909. The number of nitrogens with zero attached hydrogens (tertiary/aromatic N) is 1. The molecule has 2 N–H and O–H groups in total. The number of carbonyl (C=O) groups excluding carboxylic acids is 2. The number of hydrogen-bond acceptors (Lipinski definition) is 5. The number of ether oxygens (including phenoxy) is 2. The summed E-state index contributed by atoms with van der Waals surface area (Å²) in [7, 11) is 1.51. The number of rotatable bonds is 5. The molecule has 26 heavy (non-hydrogen) atoms. The third-order valence-electron chi connectivity index (χ3n) is 3.27. The molecule has 2 amide bonds. The van der Waals surface area contributed by atoms with Crippen LogP contribution in [0.15, 0.2) is 48.7 Å². The van der Waals surface area contributed by atoms with Gasteiger partial charge in [-0.05, 0) is 32.4 Å². The molecule has 0 saturated carbocycles. The molecule has 0 spiro atoms.